The minimum atomic E-state index is -1.61. The molecule has 7 heteroatoms. The second-order valence-corrected chi connectivity index (χ2v) is 7.85. The van der Waals surface area contributed by atoms with Crippen molar-refractivity contribution in [2.45, 2.75) is 37.5 Å². The van der Waals surface area contributed by atoms with Crippen molar-refractivity contribution in [3.05, 3.63) is 53.4 Å². The van der Waals surface area contributed by atoms with Crippen molar-refractivity contribution >= 4 is 5.91 Å². The highest BCUT2D eigenvalue weighted by molar-refractivity contribution is 5.88. The summed E-state index contributed by atoms with van der Waals surface area (Å²) in [5.74, 6) is -0.595. The summed E-state index contributed by atoms with van der Waals surface area (Å²) in [4.78, 5) is 21.1. The van der Waals surface area contributed by atoms with Crippen LogP contribution in [0.1, 0.15) is 35.8 Å². The van der Waals surface area contributed by atoms with Gasteiger partial charge in [-0.3, -0.25) is 9.69 Å². The van der Waals surface area contributed by atoms with E-state index in [2.05, 4.69) is 14.5 Å². The average Bonchev–Trinajstić information content (AvgIpc) is 3.29. The number of alkyl halides is 1. The van der Waals surface area contributed by atoms with Crippen molar-refractivity contribution in [1.82, 2.24) is 19.4 Å². The summed E-state index contributed by atoms with van der Waals surface area (Å²) >= 11 is 0. The highest BCUT2D eigenvalue weighted by atomic mass is 19.1. The van der Waals surface area contributed by atoms with Gasteiger partial charge in [0.1, 0.15) is 5.82 Å². The maximum absolute atomic E-state index is 14.2. The number of hydrogen-bond acceptors (Lipinski definition) is 3. The molecule has 1 amide bonds. The summed E-state index contributed by atoms with van der Waals surface area (Å²) in [6.07, 6.45) is 3.38. The van der Waals surface area contributed by atoms with E-state index in [1.165, 1.54) is 6.07 Å². The van der Waals surface area contributed by atoms with Gasteiger partial charge in [-0.25, -0.2) is 13.8 Å². The molecule has 0 spiro atoms. The van der Waals surface area contributed by atoms with Crippen molar-refractivity contribution in [3.8, 4) is 0 Å². The molecule has 0 radical (unpaired) electrons. The van der Waals surface area contributed by atoms with Crippen LogP contribution in [0.3, 0.4) is 0 Å². The monoisotopic (exact) mass is 372 g/mol. The van der Waals surface area contributed by atoms with Crippen LogP contribution >= 0.6 is 0 Å². The zero-order chi connectivity index (χ0) is 18.6. The summed E-state index contributed by atoms with van der Waals surface area (Å²) in [6.45, 7) is 3.30. The number of nitrogens with zero attached hydrogens (tertiary/aromatic N) is 4. The molecule has 1 unspecified atom stereocenters. The first-order valence-electron chi connectivity index (χ1n) is 9.54. The molecule has 0 bridgehead atoms. The van der Waals surface area contributed by atoms with Crippen molar-refractivity contribution in [1.29, 1.82) is 0 Å². The summed E-state index contributed by atoms with van der Waals surface area (Å²) in [6, 6.07) is 6.62. The Hall–Kier alpha value is -2.28. The van der Waals surface area contributed by atoms with Gasteiger partial charge in [0.25, 0.3) is 5.91 Å². The van der Waals surface area contributed by atoms with E-state index in [9.17, 15) is 13.6 Å². The van der Waals surface area contributed by atoms with Gasteiger partial charge in [0.05, 0.1) is 18.1 Å². The van der Waals surface area contributed by atoms with E-state index >= 15 is 0 Å². The van der Waals surface area contributed by atoms with Crippen LogP contribution in [-0.2, 0) is 17.8 Å². The van der Waals surface area contributed by atoms with Gasteiger partial charge in [0, 0.05) is 44.8 Å². The maximum Gasteiger partial charge on any atom is 0.260 e. The summed E-state index contributed by atoms with van der Waals surface area (Å²) in [5.41, 5.74) is 1.39. The molecule has 2 aliphatic heterocycles. The Balaban J connectivity index is 1.38. The summed E-state index contributed by atoms with van der Waals surface area (Å²) < 4.78 is 29.8. The molecule has 3 aliphatic rings. The van der Waals surface area contributed by atoms with Crippen LogP contribution in [0.4, 0.5) is 8.78 Å². The fraction of sp³-hybridized carbons (Fsp3) is 0.500. The molecule has 5 rings (SSSR count). The van der Waals surface area contributed by atoms with E-state index in [1.807, 2.05) is 6.07 Å². The van der Waals surface area contributed by atoms with Gasteiger partial charge in [-0.1, -0.05) is 12.1 Å². The van der Waals surface area contributed by atoms with Gasteiger partial charge in [-0.2, -0.15) is 0 Å². The molecule has 2 fully saturated rings. The van der Waals surface area contributed by atoms with Gasteiger partial charge in [-0.05, 0) is 30.5 Å². The Kier molecular flexibility index (Phi) is 3.82. The standard InChI is InChI=1S/C20H22F2N4O/c21-15-3-1-2-14(10-15)11-26-13-23-18-16(26)4-7-24-8-9-25(12-17(18)24)19(27)20(22)5-6-20/h1-3,10,13,17H,4-9,11-12H2. The highest BCUT2D eigenvalue weighted by Gasteiger charge is 2.53. The Morgan fingerprint density at radius 3 is 2.89 bits per heavy atom. The van der Waals surface area contributed by atoms with Crippen LogP contribution in [0.2, 0.25) is 0 Å². The molecule has 27 heavy (non-hydrogen) atoms. The second kappa shape index (κ2) is 6.12. The van der Waals surface area contributed by atoms with Crippen molar-refractivity contribution in [2.24, 2.45) is 0 Å². The third-order valence-corrected chi connectivity index (χ3v) is 6.02. The predicted octanol–water partition coefficient (Wildman–Crippen LogP) is 2.31. The minimum Gasteiger partial charge on any atom is -0.337 e. The topological polar surface area (TPSA) is 41.4 Å². The zero-order valence-electron chi connectivity index (χ0n) is 15.1. The fourth-order valence-corrected chi connectivity index (χ4v) is 4.33. The number of benzene rings is 1. The Labute approximate surface area is 156 Å². The van der Waals surface area contributed by atoms with Crippen molar-refractivity contribution in [3.63, 3.8) is 0 Å². The quantitative estimate of drug-likeness (QED) is 0.830. The molecular formula is C20H22F2N4O. The van der Waals surface area contributed by atoms with Crippen LogP contribution in [-0.4, -0.2) is 57.1 Å². The SMILES string of the molecule is O=C(N1CCN2CCc3c(ncn3Cc3cccc(F)c3)C2C1)C1(F)CC1. The molecule has 142 valence electrons. The number of rotatable bonds is 3. The molecule has 3 heterocycles. The lowest BCUT2D eigenvalue weighted by molar-refractivity contribution is -0.141. The molecule has 1 aromatic heterocycles. The Bertz CT molecular complexity index is 892. The smallest absolute Gasteiger partial charge is 0.260 e. The molecule has 2 aromatic rings. The molecule has 0 N–H and O–H groups in total. The van der Waals surface area contributed by atoms with Crippen LogP contribution in [0.25, 0.3) is 0 Å². The number of amides is 1. The number of hydrogen-bond donors (Lipinski definition) is 0. The van der Waals surface area contributed by atoms with Gasteiger partial charge in [0.15, 0.2) is 5.67 Å². The lowest BCUT2D eigenvalue weighted by Gasteiger charge is -2.43. The fourth-order valence-electron chi connectivity index (χ4n) is 4.33. The number of carbonyl (C=O) groups is 1. The minimum absolute atomic E-state index is 0.0163. The number of fused-ring (bicyclic) bond motifs is 3. The average molecular weight is 372 g/mol. The predicted molar refractivity (Wildman–Crippen MR) is 95.4 cm³/mol. The zero-order valence-corrected chi connectivity index (χ0v) is 15.1. The van der Waals surface area contributed by atoms with Crippen LogP contribution in [0.5, 0.6) is 0 Å². The maximum atomic E-state index is 14.2. The largest absolute Gasteiger partial charge is 0.337 e. The molecule has 1 saturated carbocycles. The molecule has 1 atom stereocenters. The van der Waals surface area contributed by atoms with E-state index in [-0.39, 0.29) is 17.8 Å². The molecule has 1 aliphatic carbocycles. The number of carbonyl (C=O) groups excluding carboxylic acids is 1. The highest BCUT2D eigenvalue weighted by Crippen LogP contribution is 2.42. The Morgan fingerprint density at radius 1 is 1.26 bits per heavy atom. The van der Waals surface area contributed by atoms with E-state index < -0.39 is 5.67 Å². The van der Waals surface area contributed by atoms with Gasteiger partial charge < -0.3 is 9.47 Å². The number of halogens is 2. The molecule has 5 nitrogen and oxygen atoms in total. The van der Waals surface area contributed by atoms with E-state index in [4.69, 9.17) is 0 Å². The van der Waals surface area contributed by atoms with Crippen LogP contribution < -0.4 is 0 Å². The second-order valence-electron chi connectivity index (χ2n) is 7.85. The number of aromatic nitrogens is 2. The first kappa shape index (κ1) is 16.9. The molecule has 1 saturated heterocycles. The van der Waals surface area contributed by atoms with E-state index in [1.54, 1.807) is 23.4 Å². The lowest BCUT2D eigenvalue weighted by atomic mass is 9.99. The van der Waals surface area contributed by atoms with Crippen molar-refractivity contribution in [2.75, 3.05) is 26.2 Å². The number of imidazole rings is 1. The normalized spacial score (nSPS) is 23.6. The number of piperazine rings is 1. The summed E-state index contributed by atoms with van der Waals surface area (Å²) in [7, 11) is 0. The van der Waals surface area contributed by atoms with Crippen LogP contribution in [0.15, 0.2) is 30.6 Å². The molecule has 1 aromatic carbocycles. The third-order valence-electron chi connectivity index (χ3n) is 6.02. The van der Waals surface area contributed by atoms with Crippen LogP contribution in [0, 0.1) is 5.82 Å². The van der Waals surface area contributed by atoms with Gasteiger partial charge in [-0.15, -0.1) is 0 Å². The van der Waals surface area contributed by atoms with E-state index in [0.717, 1.165) is 36.5 Å². The third kappa shape index (κ3) is 2.94. The Morgan fingerprint density at radius 2 is 2.11 bits per heavy atom. The van der Waals surface area contributed by atoms with E-state index in [0.29, 0.717) is 32.5 Å². The summed E-state index contributed by atoms with van der Waals surface area (Å²) in [5, 5.41) is 0. The first-order chi connectivity index (χ1) is 13.0. The van der Waals surface area contributed by atoms with Gasteiger partial charge in [0.2, 0.25) is 0 Å². The van der Waals surface area contributed by atoms with Gasteiger partial charge >= 0.3 is 0 Å². The first-order valence-corrected chi connectivity index (χ1v) is 9.54. The molecular weight excluding hydrogens is 350 g/mol. The lowest BCUT2D eigenvalue weighted by Crippen LogP contribution is -2.54. The van der Waals surface area contributed by atoms with Crippen molar-refractivity contribution < 1.29 is 13.6 Å².